The molecule has 0 spiro atoms. The van der Waals surface area contributed by atoms with E-state index in [1.54, 1.807) is 67.8 Å². The Morgan fingerprint density at radius 1 is 0.867 bits per heavy atom. The lowest BCUT2D eigenvalue weighted by molar-refractivity contribution is -0.116. The zero-order valence-electron chi connectivity index (χ0n) is 16.9. The van der Waals surface area contributed by atoms with Crippen LogP contribution in [-0.2, 0) is 21.2 Å². The van der Waals surface area contributed by atoms with Crippen molar-refractivity contribution in [2.45, 2.75) is 24.7 Å². The maximum Gasteiger partial charge on any atom is 0.261 e. The Balaban J connectivity index is 1.55. The van der Waals surface area contributed by atoms with Crippen molar-refractivity contribution in [1.29, 1.82) is 0 Å². The van der Waals surface area contributed by atoms with E-state index in [1.807, 2.05) is 19.1 Å². The Bertz CT molecular complexity index is 1090. The number of amides is 1. The average molecular weight is 425 g/mol. The van der Waals surface area contributed by atoms with Gasteiger partial charge in [0.1, 0.15) is 5.75 Å². The lowest BCUT2D eigenvalue weighted by Gasteiger charge is -2.09. The predicted molar refractivity (Wildman–Crippen MR) is 118 cm³/mol. The molecular formula is C23H24N2O4S. The Labute approximate surface area is 177 Å². The van der Waals surface area contributed by atoms with E-state index in [0.717, 1.165) is 16.9 Å². The van der Waals surface area contributed by atoms with Gasteiger partial charge >= 0.3 is 0 Å². The largest absolute Gasteiger partial charge is 0.497 e. The van der Waals surface area contributed by atoms with E-state index in [9.17, 15) is 13.2 Å². The van der Waals surface area contributed by atoms with Crippen molar-refractivity contribution < 1.29 is 17.9 Å². The summed E-state index contributed by atoms with van der Waals surface area (Å²) in [5, 5.41) is 2.83. The molecule has 0 aliphatic rings. The lowest BCUT2D eigenvalue weighted by atomic mass is 10.1. The zero-order valence-corrected chi connectivity index (χ0v) is 17.7. The highest BCUT2D eigenvalue weighted by Gasteiger charge is 2.14. The fourth-order valence-corrected chi connectivity index (χ4v) is 3.89. The molecule has 2 N–H and O–H groups in total. The summed E-state index contributed by atoms with van der Waals surface area (Å²) < 4.78 is 32.7. The highest BCUT2D eigenvalue weighted by molar-refractivity contribution is 7.92. The molecule has 0 saturated heterocycles. The van der Waals surface area contributed by atoms with Crippen molar-refractivity contribution in [2.75, 3.05) is 17.1 Å². The molecule has 0 radical (unpaired) electrons. The van der Waals surface area contributed by atoms with Crippen LogP contribution in [0.4, 0.5) is 11.4 Å². The number of carbonyl (C=O) groups is 1. The first-order valence-corrected chi connectivity index (χ1v) is 11.0. The number of anilines is 2. The SMILES string of the molecule is COc1ccc(NC(=O)CCc2ccc(S(=O)(=O)Nc3ccc(C)cc3)cc2)cc1. The average Bonchev–Trinajstić information content (AvgIpc) is 2.74. The van der Waals surface area contributed by atoms with Crippen LogP contribution in [0.5, 0.6) is 5.75 Å². The van der Waals surface area contributed by atoms with Crippen LogP contribution in [0.3, 0.4) is 0 Å². The number of hydrogen-bond donors (Lipinski definition) is 2. The second kappa shape index (κ2) is 9.45. The van der Waals surface area contributed by atoms with Crippen molar-refractivity contribution in [1.82, 2.24) is 0 Å². The molecule has 6 nitrogen and oxygen atoms in total. The number of aryl methyl sites for hydroxylation is 2. The molecule has 0 aromatic heterocycles. The number of benzene rings is 3. The number of methoxy groups -OCH3 is 1. The van der Waals surface area contributed by atoms with Gasteiger partial charge in [0.2, 0.25) is 5.91 Å². The number of sulfonamides is 1. The van der Waals surface area contributed by atoms with Crippen LogP contribution < -0.4 is 14.8 Å². The van der Waals surface area contributed by atoms with Gasteiger partial charge in [0.05, 0.1) is 12.0 Å². The first-order valence-electron chi connectivity index (χ1n) is 9.48. The van der Waals surface area contributed by atoms with Crippen LogP contribution in [0.2, 0.25) is 0 Å². The molecule has 0 saturated carbocycles. The van der Waals surface area contributed by atoms with Crippen molar-refractivity contribution in [3.05, 3.63) is 83.9 Å². The smallest absolute Gasteiger partial charge is 0.261 e. The Morgan fingerprint density at radius 3 is 2.07 bits per heavy atom. The molecule has 0 fully saturated rings. The summed E-state index contributed by atoms with van der Waals surface area (Å²) in [5.74, 6) is 0.609. The van der Waals surface area contributed by atoms with Crippen LogP contribution in [0.15, 0.2) is 77.7 Å². The predicted octanol–water partition coefficient (Wildman–Crippen LogP) is 4.38. The van der Waals surface area contributed by atoms with E-state index in [1.165, 1.54) is 0 Å². The summed E-state index contributed by atoms with van der Waals surface area (Å²) in [6.45, 7) is 1.94. The van der Waals surface area contributed by atoms with Gasteiger partial charge in [-0.3, -0.25) is 9.52 Å². The van der Waals surface area contributed by atoms with Crippen LogP contribution in [0.1, 0.15) is 17.5 Å². The third kappa shape index (κ3) is 5.84. The molecule has 3 aromatic carbocycles. The van der Waals surface area contributed by atoms with Crippen molar-refractivity contribution >= 4 is 27.3 Å². The van der Waals surface area contributed by atoms with Gasteiger partial charge in [0, 0.05) is 17.8 Å². The third-order valence-corrected chi connectivity index (χ3v) is 5.95. The summed E-state index contributed by atoms with van der Waals surface area (Å²) in [5.41, 5.74) is 3.15. The summed E-state index contributed by atoms with van der Waals surface area (Å²) in [7, 11) is -2.07. The fourth-order valence-electron chi connectivity index (χ4n) is 2.83. The minimum absolute atomic E-state index is 0.113. The normalized spacial score (nSPS) is 11.0. The van der Waals surface area contributed by atoms with Gasteiger partial charge in [0.15, 0.2) is 0 Å². The van der Waals surface area contributed by atoms with Crippen LogP contribution >= 0.6 is 0 Å². The molecule has 30 heavy (non-hydrogen) atoms. The van der Waals surface area contributed by atoms with Gasteiger partial charge in [-0.1, -0.05) is 29.8 Å². The molecule has 156 valence electrons. The summed E-state index contributed by atoms with van der Waals surface area (Å²) in [6, 6.07) is 20.8. The standard InChI is InChI=1S/C23H24N2O4S/c1-17-3-8-20(9-4-17)25-30(27,28)22-14-5-18(6-15-22)7-16-23(26)24-19-10-12-21(29-2)13-11-19/h3-6,8-15,25H,7,16H2,1-2H3,(H,24,26). The van der Waals surface area contributed by atoms with Crippen LogP contribution in [0.25, 0.3) is 0 Å². The molecule has 0 bridgehead atoms. The number of ether oxygens (including phenoxy) is 1. The van der Waals surface area contributed by atoms with E-state index in [-0.39, 0.29) is 10.8 Å². The number of carbonyl (C=O) groups excluding carboxylic acids is 1. The lowest BCUT2D eigenvalue weighted by Crippen LogP contribution is -2.13. The topological polar surface area (TPSA) is 84.5 Å². The van der Waals surface area contributed by atoms with E-state index in [2.05, 4.69) is 10.0 Å². The second-order valence-electron chi connectivity index (χ2n) is 6.89. The number of rotatable bonds is 8. The number of hydrogen-bond acceptors (Lipinski definition) is 4. The maximum absolute atomic E-state index is 12.5. The van der Waals surface area contributed by atoms with Crippen LogP contribution in [0, 0.1) is 6.92 Å². The van der Waals surface area contributed by atoms with E-state index in [0.29, 0.717) is 24.2 Å². The Hall–Kier alpha value is -3.32. The van der Waals surface area contributed by atoms with E-state index >= 15 is 0 Å². The number of nitrogens with one attached hydrogen (secondary N) is 2. The van der Waals surface area contributed by atoms with Crippen molar-refractivity contribution in [3.8, 4) is 5.75 Å². The second-order valence-corrected chi connectivity index (χ2v) is 8.57. The molecule has 7 heteroatoms. The molecular weight excluding hydrogens is 400 g/mol. The minimum atomic E-state index is -3.66. The van der Waals surface area contributed by atoms with Gasteiger partial charge in [-0.05, 0) is 67.4 Å². The summed E-state index contributed by atoms with van der Waals surface area (Å²) in [6.07, 6.45) is 0.799. The molecule has 0 heterocycles. The van der Waals surface area contributed by atoms with Crippen molar-refractivity contribution in [3.63, 3.8) is 0 Å². The molecule has 1 amide bonds. The molecule has 0 atom stereocenters. The quantitative estimate of drug-likeness (QED) is 0.562. The highest BCUT2D eigenvalue weighted by atomic mass is 32.2. The van der Waals surface area contributed by atoms with Gasteiger partial charge in [-0.25, -0.2) is 8.42 Å². The van der Waals surface area contributed by atoms with E-state index in [4.69, 9.17) is 4.74 Å². The Kier molecular flexibility index (Phi) is 6.74. The first kappa shape index (κ1) is 21.4. The first-order chi connectivity index (χ1) is 14.4. The summed E-state index contributed by atoms with van der Waals surface area (Å²) >= 11 is 0. The maximum atomic E-state index is 12.5. The molecule has 0 aliphatic carbocycles. The molecule has 3 aromatic rings. The van der Waals surface area contributed by atoms with E-state index < -0.39 is 10.0 Å². The fraction of sp³-hybridized carbons (Fsp3) is 0.174. The third-order valence-electron chi connectivity index (χ3n) is 4.55. The van der Waals surface area contributed by atoms with Gasteiger partial charge in [-0.2, -0.15) is 0 Å². The zero-order chi connectivity index (χ0) is 21.6. The molecule has 3 rings (SSSR count). The molecule has 0 unspecified atom stereocenters. The van der Waals surface area contributed by atoms with Crippen molar-refractivity contribution in [2.24, 2.45) is 0 Å². The summed E-state index contributed by atoms with van der Waals surface area (Å²) in [4.78, 5) is 12.3. The Morgan fingerprint density at radius 2 is 1.47 bits per heavy atom. The van der Waals surface area contributed by atoms with Gasteiger partial charge in [-0.15, -0.1) is 0 Å². The molecule has 0 aliphatic heterocycles. The monoisotopic (exact) mass is 424 g/mol. The van der Waals surface area contributed by atoms with Crippen LogP contribution in [-0.4, -0.2) is 21.4 Å². The highest BCUT2D eigenvalue weighted by Crippen LogP contribution is 2.18. The van der Waals surface area contributed by atoms with Gasteiger partial charge in [0.25, 0.3) is 10.0 Å². The van der Waals surface area contributed by atoms with Gasteiger partial charge < -0.3 is 10.1 Å². The minimum Gasteiger partial charge on any atom is -0.497 e.